The fraction of sp³-hybridized carbons (Fsp3) is 0.300. The van der Waals surface area contributed by atoms with Crippen molar-refractivity contribution < 1.29 is 9.72 Å². The van der Waals surface area contributed by atoms with Gasteiger partial charge in [-0.2, -0.15) is 0 Å². The molecule has 1 amide bonds. The largest absolute Gasteiger partial charge is 0.370 e. The summed E-state index contributed by atoms with van der Waals surface area (Å²) in [7, 11) is 0. The molecule has 9 heteroatoms. The molecule has 1 saturated heterocycles. The van der Waals surface area contributed by atoms with E-state index in [-0.39, 0.29) is 16.4 Å². The van der Waals surface area contributed by atoms with Crippen LogP contribution in [0.2, 0.25) is 5.02 Å². The summed E-state index contributed by atoms with van der Waals surface area (Å²) in [4.78, 5) is 25.2. The molecule has 0 radical (unpaired) electrons. The molecule has 0 atom stereocenters. The van der Waals surface area contributed by atoms with Crippen LogP contribution in [0.3, 0.4) is 0 Å². The second kappa shape index (κ2) is 9.19. The quantitative estimate of drug-likeness (QED) is 0.414. The number of thiocarbonyl (C=S) groups is 1. The Hall–Kier alpha value is -2.71. The van der Waals surface area contributed by atoms with Crippen molar-refractivity contribution in [1.29, 1.82) is 0 Å². The zero-order chi connectivity index (χ0) is 21.0. The molecule has 2 aromatic rings. The number of nitro benzene ring substituents is 1. The highest BCUT2D eigenvalue weighted by Gasteiger charge is 2.17. The van der Waals surface area contributed by atoms with E-state index in [1.807, 2.05) is 12.1 Å². The van der Waals surface area contributed by atoms with Gasteiger partial charge in [-0.3, -0.25) is 20.2 Å². The Kier molecular flexibility index (Phi) is 6.66. The molecule has 0 bridgehead atoms. The van der Waals surface area contributed by atoms with Crippen LogP contribution in [0, 0.1) is 17.0 Å². The number of nitrogens with zero attached hydrogens (tertiary/aromatic N) is 2. The number of aryl methyl sites for hydroxylation is 1. The molecule has 0 saturated carbocycles. The summed E-state index contributed by atoms with van der Waals surface area (Å²) in [5.41, 5.74) is 2.16. The van der Waals surface area contributed by atoms with Crippen molar-refractivity contribution in [2.24, 2.45) is 0 Å². The average Bonchev–Trinajstić information content (AvgIpc) is 2.68. The molecule has 7 nitrogen and oxygen atoms in total. The number of hydrogen-bond acceptors (Lipinski definition) is 5. The fourth-order valence-corrected chi connectivity index (χ4v) is 3.77. The smallest absolute Gasteiger partial charge is 0.273 e. The first-order valence-electron chi connectivity index (χ1n) is 9.27. The average molecular weight is 433 g/mol. The van der Waals surface area contributed by atoms with E-state index >= 15 is 0 Å². The molecule has 0 aliphatic carbocycles. The molecule has 2 aromatic carbocycles. The van der Waals surface area contributed by atoms with Crippen molar-refractivity contribution in [2.45, 2.75) is 26.2 Å². The van der Waals surface area contributed by atoms with E-state index in [0.717, 1.165) is 31.6 Å². The Bertz CT molecular complexity index is 961. The topological polar surface area (TPSA) is 87.5 Å². The first-order chi connectivity index (χ1) is 13.8. The number of hydrogen-bond donors (Lipinski definition) is 2. The third-order valence-corrected chi connectivity index (χ3v) is 5.30. The predicted octanol–water partition coefficient (Wildman–Crippen LogP) is 4.67. The molecular weight excluding hydrogens is 412 g/mol. The first-order valence-corrected chi connectivity index (χ1v) is 10.1. The minimum Gasteiger partial charge on any atom is -0.370 e. The van der Waals surface area contributed by atoms with Crippen molar-refractivity contribution >= 4 is 51.9 Å². The van der Waals surface area contributed by atoms with E-state index in [1.54, 1.807) is 13.0 Å². The Balaban J connectivity index is 1.64. The molecule has 152 valence electrons. The van der Waals surface area contributed by atoms with Gasteiger partial charge in [0.05, 0.1) is 15.6 Å². The van der Waals surface area contributed by atoms with Crippen LogP contribution in [0.25, 0.3) is 0 Å². The summed E-state index contributed by atoms with van der Waals surface area (Å²) < 4.78 is 0. The summed E-state index contributed by atoms with van der Waals surface area (Å²) >= 11 is 11.6. The van der Waals surface area contributed by atoms with Crippen molar-refractivity contribution in [2.75, 3.05) is 23.3 Å². The van der Waals surface area contributed by atoms with Gasteiger partial charge in [0.15, 0.2) is 5.11 Å². The molecule has 1 aliphatic heterocycles. The summed E-state index contributed by atoms with van der Waals surface area (Å²) in [6.45, 7) is 3.59. The lowest BCUT2D eigenvalue weighted by Crippen LogP contribution is -2.34. The highest BCUT2D eigenvalue weighted by atomic mass is 35.5. The third-order valence-electron chi connectivity index (χ3n) is 4.80. The van der Waals surface area contributed by atoms with E-state index < -0.39 is 10.8 Å². The van der Waals surface area contributed by atoms with Gasteiger partial charge in [0.1, 0.15) is 0 Å². The number of carbonyl (C=O) groups is 1. The maximum atomic E-state index is 12.4. The van der Waals surface area contributed by atoms with E-state index in [4.69, 9.17) is 23.8 Å². The Morgan fingerprint density at radius 2 is 1.90 bits per heavy atom. The highest BCUT2D eigenvalue weighted by Crippen LogP contribution is 2.30. The van der Waals surface area contributed by atoms with Gasteiger partial charge in [0.2, 0.25) is 0 Å². The first kappa shape index (κ1) is 21.0. The summed E-state index contributed by atoms with van der Waals surface area (Å²) in [5, 5.41) is 17.2. The molecule has 1 aliphatic rings. The van der Waals surface area contributed by atoms with Crippen molar-refractivity contribution in [3.8, 4) is 0 Å². The highest BCUT2D eigenvalue weighted by molar-refractivity contribution is 7.80. The molecule has 29 heavy (non-hydrogen) atoms. The lowest BCUT2D eigenvalue weighted by atomic mass is 10.1. The van der Waals surface area contributed by atoms with E-state index in [0.29, 0.717) is 16.3 Å². The van der Waals surface area contributed by atoms with Crippen LogP contribution < -0.4 is 15.5 Å². The number of anilines is 2. The minimum absolute atomic E-state index is 0.0833. The summed E-state index contributed by atoms with van der Waals surface area (Å²) in [6, 6.07) is 9.83. The zero-order valence-electron chi connectivity index (χ0n) is 15.9. The second-order valence-corrected chi connectivity index (χ2v) is 7.70. The number of amides is 1. The normalized spacial score (nSPS) is 13.7. The predicted molar refractivity (Wildman–Crippen MR) is 119 cm³/mol. The zero-order valence-corrected chi connectivity index (χ0v) is 17.5. The van der Waals surface area contributed by atoms with Gasteiger partial charge in [0, 0.05) is 36.0 Å². The standard InChI is InChI=1S/C20H21ClN4O3S/c1-13-5-6-14(11-18(13)25(27)28)19(26)23-20(29)22-15-7-8-17(16(21)12-15)24-9-3-2-4-10-24/h5-8,11-12H,2-4,9-10H2,1H3,(H2,22,23,26,29). The number of benzene rings is 2. The molecule has 0 spiro atoms. The van der Waals surface area contributed by atoms with Crippen LogP contribution in [-0.2, 0) is 0 Å². The Labute approximate surface area is 179 Å². The number of rotatable bonds is 4. The monoisotopic (exact) mass is 432 g/mol. The molecule has 0 unspecified atom stereocenters. The summed E-state index contributed by atoms with van der Waals surface area (Å²) in [5.74, 6) is -0.526. The van der Waals surface area contributed by atoms with Gasteiger partial charge in [-0.1, -0.05) is 17.7 Å². The van der Waals surface area contributed by atoms with Crippen LogP contribution >= 0.6 is 23.8 Å². The van der Waals surface area contributed by atoms with Gasteiger partial charge >= 0.3 is 0 Å². The maximum Gasteiger partial charge on any atom is 0.273 e. The van der Waals surface area contributed by atoms with E-state index in [2.05, 4.69) is 15.5 Å². The SMILES string of the molecule is Cc1ccc(C(=O)NC(=S)Nc2ccc(N3CCCCC3)c(Cl)c2)cc1[N+](=O)[O-]. The van der Waals surface area contributed by atoms with Crippen LogP contribution in [0.5, 0.6) is 0 Å². The minimum atomic E-state index is -0.526. The number of halogens is 1. The van der Waals surface area contributed by atoms with Crippen LogP contribution in [0.4, 0.5) is 17.1 Å². The van der Waals surface area contributed by atoms with Crippen molar-refractivity contribution in [1.82, 2.24) is 5.32 Å². The van der Waals surface area contributed by atoms with Gasteiger partial charge in [-0.15, -0.1) is 0 Å². The Morgan fingerprint density at radius 1 is 1.17 bits per heavy atom. The lowest BCUT2D eigenvalue weighted by Gasteiger charge is -2.29. The van der Waals surface area contributed by atoms with Gasteiger partial charge in [-0.25, -0.2) is 0 Å². The molecule has 1 fully saturated rings. The van der Waals surface area contributed by atoms with Crippen molar-refractivity contribution in [3.05, 3.63) is 62.7 Å². The molecule has 1 heterocycles. The van der Waals surface area contributed by atoms with Crippen LogP contribution in [0.15, 0.2) is 36.4 Å². The molecule has 3 rings (SSSR count). The Morgan fingerprint density at radius 3 is 2.55 bits per heavy atom. The number of nitro groups is 1. The molecular formula is C20H21ClN4O3S. The number of piperidine rings is 1. The van der Waals surface area contributed by atoms with Gasteiger partial charge in [0.25, 0.3) is 11.6 Å². The van der Waals surface area contributed by atoms with Crippen LogP contribution in [-0.4, -0.2) is 29.0 Å². The summed E-state index contributed by atoms with van der Waals surface area (Å²) in [6.07, 6.45) is 3.55. The van der Waals surface area contributed by atoms with E-state index in [1.165, 1.54) is 24.6 Å². The van der Waals surface area contributed by atoms with Crippen LogP contribution in [0.1, 0.15) is 35.2 Å². The number of carbonyl (C=O) groups excluding carboxylic acids is 1. The number of nitrogens with one attached hydrogen (secondary N) is 2. The van der Waals surface area contributed by atoms with E-state index in [9.17, 15) is 14.9 Å². The second-order valence-electron chi connectivity index (χ2n) is 6.88. The van der Waals surface area contributed by atoms with Gasteiger partial charge in [-0.05, 0) is 62.7 Å². The third kappa shape index (κ3) is 5.21. The lowest BCUT2D eigenvalue weighted by molar-refractivity contribution is -0.385. The van der Waals surface area contributed by atoms with Crippen molar-refractivity contribution in [3.63, 3.8) is 0 Å². The van der Waals surface area contributed by atoms with Gasteiger partial charge < -0.3 is 10.2 Å². The maximum absolute atomic E-state index is 12.4. The molecule has 2 N–H and O–H groups in total. The molecule has 0 aromatic heterocycles. The fourth-order valence-electron chi connectivity index (χ4n) is 3.26.